The highest BCUT2D eigenvalue weighted by Crippen LogP contribution is 2.34. The first kappa shape index (κ1) is 13.5. The van der Waals surface area contributed by atoms with Gasteiger partial charge >= 0.3 is 6.36 Å². The Morgan fingerprint density at radius 1 is 1.24 bits per heavy atom. The van der Waals surface area contributed by atoms with Gasteiger partial charge in [-0.15, -0.1) is 13.2 Å². The molecule has 0 amide bonds. The van der Waals surface area contributed by atoms with Crippen LogP contribution in [-0.4, -0.2) is 13.0 Å². The van der Waals surface area contributed by atoms with Crippen molar-refractivity contribution in [2.24, 2.45) is 0 Å². The molecular weight excluding hydrogens is 247 g/mol. The van der Waals surface area contributed by atoms with Crippen LogP contribution in [0, 0.1) is 0 Å². The molecule has 2 nitrogen and oxygen atoms in total. The van der Waals surface area contributed by atoms with Gasteiger partial charge in [-0.05, 0) is 19.1 Å². The van der Waals surface area contributed by atoms with Crippen LogP contribution in [0.25, 0.3) is 0 Å². The van der Waals surface area contributed by atoms with Crippen LogP contribution in [0.4, 0.5) is 22.0 Å². The van der Waals surface area contributed by atoms with Crippen molar-refractivity contribution in [1.82, 2.24) is 0 Å². The highest BCUT2D eigenvalue weighted by molar-refractivity contribution is 5.41. The summed E-state index contributed by atoms with van der Waals surface area (Å²) in [4.78, 5) is 0. The fourth-order valence-corrected chi connectivity index (χ4v) is 1.17. The third-order valence-corrected chi connectivity index (χ3v) is 1.75. The van der Waals surface area contributed by atoms with Crippen molar-refractivity contribution >= 4 is 0 Å². The van der Waals surface area contributed by atoms with Gasteiger partial charge in [-0.1, -0.05) is 0 Å². The van der Waals surface area contributed by atoms with Crippen molar-refractivity contribution in [2.75, 3.05) is 6.61 Å². The van der Waals surface area contributed by atoms with E-state index in [1.807, 2.05) is 0 Å². The highest BCUT2D eigenvalue weighted by atomic mass is 19.4. The Morgan fingerprint density at radius 2 is 1.88 bits per heavy atom. The molecule has 1 aromatic rings. The zero-order valence-electron chi connectivity index (χ0n) is 8.72. The Kier molecular flexibility index (Phi) is 4.14. The van der Waals surface area contributed by atoms with E-state index in [9.17, 15) is 22.0 Å². The maximum absolute atomic E-state index is 12.5. The van der Waals surface area contributed by atoms with Gasteiger partial charge < -0.3 is 9.47 Å². The molecule has 0 N–H and O–H groups in total. The molecule has 1 rings (SSSR count). The van der Waals surface area contributed by atoms with Gasteiger partial charge in [0.05, 0.1) is 12.2 Å². The number of hydrogen-bond acceptors (Lipinski definition) is 2. The lowest BCUT2D eigenvalue weighted by Gasteiger charge is -2.13. The number of benzene rings is 1. The minimum absolute atomic E-state index is 0.0647. The van der Waals surface area contributed by atoms with E-state index in [1.54, 1.807) is 0 Å². The lowest BCUT2D eigenvalue weighted by molar-refractivity contribution is -0.274. The Bertz CT molecular complexity index is 375. The number of rotatable bonds is 4. The summed E-state index contributed by atoms with van der Waals surface area (Å²) in [7, 11) is 0. The summed E-state index contributed by atoms with van der Waals surface area (Å²) < 4.78 is 69.1. The lowest BCUT2D eigenvalue weighted by atomic mass is 10.2. The first-order valence-electron chi connectivity index (χ1n) is 4.64. The van der Waals surface area contributed by atoms with Crippen molar-refractivity contribution < 1.29 is 31.4 Å². The van der Waals surface area contributed by atoms with E-state index in [1.165, 1.54) is 6.92 Å². The summed E-state index contributed by atoms with van der Waals surface area (Å²) in [6, 6.07) is 2.45. The van der Waals surface area contributed by atoms with Crippen LogP contribution in [0.5, 0.6) is 11.5 Å². The number of halogens is 5. The quantitative estimate of drug-likeness (QED) is 0.760. The van der Waals surface area contributed by atoms with E-state index in [0.29, 0.717) is 0 Å². The fraction of sp³-hybridized carbons (Fsp3) is 0.400. The van der Waals surface area contributed by atoms with Crippen molar-refractivity contribution in [1.29, 1.82) is 0 Å². The van der Waals surface area contributed by atoms with Gasteiger partial charge in [0.15, 0.2) is 0 Å². The fourth-order valence-electron chi connectivity index (χ4n) is 1.17. The molecule has 0 spiro atoms. The van der Waals surface area contributed by atoms with Crippen molar-refractivity contribution in [2.45, 2.75) is 19.7 Å². The third kappa shape index (κ3) is 4.08. The summed E-state index contributed by atoms with van der Waals surface area (Å²) >= 11 is 0. The van der Waals surface area contributed by atoms with Crippen LogP contribution in [-0.2, 0) is 0 Å². The molecule has 0 aliphatic heterocycles. The van der Waals surface area contributed by atoms with E-state index in [2.05, 4.69) is 4.74 Å². The maximum Gasteiger partial charge on any atom is 0.573 e. The molecule has 96 valence electrons. The van der Waals surface area contributed by atoms with Gasteiger partial charge in [-0.3, -0.25) is 0 Å². The van der Waals surface area contributed by atoms with Crippen LogP contribution in [0.3, 0.4) is 0 Å². The molecule has 0 atom stereocenters. The zero-order chi connectivity index (χ0) is 13.1. The molecule has 0 bridgehead atoms. The maximum atomic E-state index is 12.5. The second-order valence-corrected chi connectivity index (χ2v) is 2.98. The molecule has 0 aliphatic carbocycles. The molecule has 0 unspecified atom stereocenters. The Hall–Kier alpha value is -1.53. The van der Waals surface area contributed by atoms with Crippen LogP contribution in [0.2, 0.25) is 0 Å². The second kappa shape index (κ2) is 5.20. The summed E-state index contributed by atoms with van der Waals surface area (Å²) in [6.45, 7) is 1.60. The van der Waals surface area contributed by atoms with Gasteiger partial charge in [0.2, 0.25) is 0 Å². The predicted octanol–water partition coefficient (Wildman–Crippen LogP) is 3.92. The largest absolute Gasteiger partial charge is 0.573 e. The number of hydrogen-bond donors (Lipinski definition) is 0. The van der Waals surface area contributed by atoms with E-state index < -0.39 is 24.1 Å². The monoisotopic (exact) mass is 256 g/mol. The smallest absolute Gasteiger partial charge is 0.493 e. The van der Waals surface area contributed by atoms with Crippen molar-refractivity contribution in [3.8, 4) is 11.5 Å². The average molecular weight is 256 g/mol. The SMILES string of the molecule is CCOc1cc(OC(F)(F)F)ccc1C(F)F. The van der Waals surface area contributed by atoms with Crippen LogP contribution in [0.15, 0.2) is 18.2 Å². The van der Waals surface area contributed by atoms with Gasteiger partial charge in [-0.25, -0.2) is 8.78 Å². The summed E-state index contributed by atoms with van der Waals surface area (Å²) in [5.74, 6) is -0.908. The first-order chi connectivity index (χ1) is 7.83. The summed E-state index contributed by atoms with van der Waals surface area (Å²) in [5, 5.41) is 0. The Morgan fingerprint density at radius 3 is 2.35 bits per heavy atom. The van der Waals surface area contributed by atoms with Crippen molar-refractivity contribution in [3.05, 3.63) is 23.8 Å². The molecule has 1 aromatic carbocycles. The lowest BCUT2D eigenvalue weighted by Crippen LogP contribution is -2.17. The molecule has 0 saturated heterocycles. The van der Waals surface area contributed by atoms with E-state index >= 15 is 0 Å². The molecular formula is C10H9F5O2. The van der Waals surface area contributed by atoms with Gasteiger partial charge in [-0.2, -0.15) is 0 Å². The van der Waals surface area contributed by atoms with Crippen LogP contribution in [0.1, 0.15) is 18.9 Å². The van der Waals surface area contributed by atoms with Gasteiger partial charge in [0.1, 0.15) is 11.5 Å². The minimum atomic E-state index is -4.87. The van der Waals surface area contributed by atoms with E-state index in [-0.39, 0.29) is 12.4 Å². The second-order valence-electron chi connectivity index (χ2n) is 2.98. The third-order valence-electron chi connectivity index (χ3n) is 1.75. The molecule has 0 radical (unpaired) electrons. The first-order valence-corrected chi connectivity index (χ1v) is 4.64. The summed E-state index contributed by atoms with van der Waals surface area (Å²) in [6.07, 6.45) is -7.69. The normalized spacial score (nSPS) is 11.7. The van der Waals surface area contributed by atoms with Gasteiger partial charge in [0, 0.05) is 6.07 Å². The molecule has 0 heterocycles. The molecule has 0 aliphatic rings. The average Bonchev–Trinajstić information content (AvgIpc) is 2.15. The minimum Gasteiger partial charge on any atom is -0.493 e. The van der Waals surface area contributed by atoms with E-state index in [4.69, 9.17) is 4.74 Å². The van der Waals surface area contributed by atoms with Crippen molar-refractivity contribution in [3.63, 3.8) is 0 Å². The molecule has 7 heteroatoms. The Labute approximate surface area is 93.9 Å². The molecule has 0 fully saturated rings. The predicted molar refractivity (Wildman–Crippen MR) is 49.3 cm³/mol. The highest BCUT2D eigenvalue weighted by Gasteiger charge is 2.31. The summed E-state index contributed by atoms with van der Waals surface area (Å²) in [5.41, 5.74) is -0.471. The van der Waals surface area contributed by atoms with Crippen LogP contribution >= 0.6 is 0 Å². The Balaban J connectivity index is 3.01. The number of alkyl halides is 5. The van der Waals surface area contributed by atoms with Crippen LogP contribution < -0.4 is 9.47 Å². The molecule has 17 heavy (non-hydrogen) atoms. The standard InChI is InChI=1S/C10H9F5O2/c1-2-16-8-5-6(17-10(13,14)15)3-4-7(8)9(11)12/h3-5,9H,2H2,1H3. The molecule has 0 saturated carbocycles. The topological polar surface area (TPSA) is 18.5 Å². The van der Waals surface area contributed by atoms with E-state index in [0.717, 1.165) is 18.2 Å². The number of ether oxygens (including phenoxy) is 2. The molecule has 0 aromatic heterocycles. The van der Waals surface area contributed by atoms with Gasteiger partial charge in [0.25, 0.3) is 6.43 Å². The zero-order valence-corrected chi connectivity index (χ0v) is 8.72.